The summed E-state index contributed by atoms with van der Waals surface area (Å²) < 4.78 is 29.4. The van der Waals surface area contributed by atoms with Crippen molar-refractivity contribution in [3.05, 3.63) is 29.6 Å². The highest BCUT2D eigenvalue weighted by Gasteiger charge is 2.17. The summed E-state index contributed by atoms with van der Waals surface area (Å²) in [6.07, 6.45) is -0.570. The molecule has 0 unspecified atom stereocenters. The monoisotopic (exact) mass is 271 g/mol. The SMILES string of the molecule is CCOC(COc1cccc(F)c1C(N)=O)OCC. The van der Waals surface area contributed by atoms with Gasteiger partial charge >= 0.3 is 0 Å². The zero-order valence-corrected chi connectivity index (χ0v) is 11.0. The Morgan fingerprint density at radius 2 is 1.95 bits per heavy atom. The molecule has 2 N–H and O–H groups in total. The van der Waals surface area contributed by atoms with Gasteiger partial charge in [0, 0.05) is 13.2 Å². The summed E-state index contributed by atoms with van der Waals surface area (Å²) in [5.74, 6) is -1.51. The summed E-state index contributed by atoms with van der Waals surface area (Å²) in [6, 6.07) is 4.06. The van der Waals surface area contributed by atoms with Gasteiger partial charge in [-0.2, -0.15) is 0 Å². The first-order valence-electron chi connectivity index (χ1n) is 6.04. The Balaban J connectivity index is 2.76. The summed E-state index contributed by atoms with van der Waals surface area (Å²) in [5.41, 5.74) is 4.85. The van der Waals surface area contributed by atoms with Gasteiger partial charge in [0.15, 0.2) is 6.29 Å². The molecule has 106 valence electrons. The normalized spacial score (nSPS) is 10.7. The first kappa shape index (κ1) is 15.4. The molecule has 5 nitrogen and oxygen atoms in total. The minimum absolute atomic E-state index is 0.0470. The zero-order chi connectivity index (χ0) is 14.3. The van der Waals surface area contributed by atoms with Crippen LogP contribution in [0.1, 0.15) is 24.2 Å². The van der Waals surface area contributed by atoms with Crippen LogP contribution in [0.15, 0.2) is 18.2 Å². The first-order chi connectivity index (χ1) is 9.10. The lowest BCUT2D eigenvalue weighted by Gasteiger charge is -2.18. The van der Waals surface area contributed by atoms with Crippen molar-refractivity contribution in [2.45, 2.75) is 20.1 Å². The number of amides is 1. The Hall–Kier alpha value is -1.66. The Bertz CT molecular complexity index is 419. The molecule has 1 amide bonds. The fourth-order valence-corrected chi connectivity index (χ4v) is 1.54. The van der Waals surface area contributed by atoms with E-state index in [4.69, 9.17) is 19.9 Å². The van der Waals surface area contributed by atoms with Crippen LogP contribution in [-0.2, 0) is 9.47 Å². The molecule has 0 aliphatic carbocycles. The molecule has 0 radical (unpaired) electrons. The summed E-state index contributed by atoms with van der Waals surface area (Å²) in [6.45, 7) is 4.61. The van der Waals surface area contributed by atoms with Crippen molar-refractivity contribution in [1.29, 1.82) is 0 Å². The Morgan fingerprint density at radius 1 is 1.32 bits per heavy atom. The van der Waals surface area contributed by atoms with Gasteiger partial charge in [0.25, 0.3) is 5.91 Å². The fraction of sp³-hybridized carbons (Fsp3) is 0.462. The molecule has 0 fully saturated rings. The van der Waals surface area contributed by atoms with Crippen LogP contribution < -0.4 is 10.5 Å². The van der Waals surface area contributed by atoms with Crippen molar-refractivity contribution in [3.63, 3.8) is 0 Å². The van der Waals surface area contributed by atoms with E-state index in [-0.39, 0.29) is 17.9 Å². The van der Waals surface area contributed by atoms with E-state index in [1.165, 1.54) is 12.1 Å². The van der Waals surface area contributed by atoms with Crippen molar-refractivity contribution in [1.82, 2.24) is 0 Å². The highest BCUT2D eigenvalue weighted by atomic mass is 19.1. The number of carbonyl (C=O) groups is 1. The molecule has 0 aromatic heterocycles. The number of primary amides is 1. The number of hydrogen-bond acceptors (Lipinski definition) is 4. The maximum atomic E-state index is 13.5. The predicted octanol–water partition coefficient (Wildman–Crippen LogP) is 1.70. The van der Waals surface area contributed by atoms with Gasteiger partial charge in [-0.1, -0.05) is 6.07 Å². The quantitative estimate of drug-likeness (QED) is 0.730. The predicted molar refractivity (Wildman–Crippen MR) is 67.5 cm³/mol. The van der Waals surface area contributed by atoms with Crippen LogP contribution in [0.3, 0.4) is 0 Å². The highest BCUT2D eigenvalue weighted by molar-refractivity contribution is 5.95. The van der Waals surface area contributed by atoms with Crippen molar-refractivity contribution in [2.24, 2.45) is 5.73 Å². The molecule has 1 aromatic rings. The van der Waals surface area contributed by atoms with E-state index in [1.54, 1.807) is 0 Å². The second-order valence-corrected chi connectivity index (χ2v) is 3.63. The maximum absolute atomic E-state index is 13.5. The van der Waals surface area contributed by atoms with Gasteiger partial charge in [0.2, 0.25) is 0 Å². The van der Waals surface area contributed by atoms with Crippen LogP contribution in [0.2, 0.25) is 0 Å². The molecule has 19 heavy (non-hydrogen) atoms. The third kappa shape index (κ3) is 4.50. The first-order valence-corrected chi connectivity index (χ1v) is 6.04. The van der Waals surface area contributed by atoms with E-state index in [0.29, 0.717) is 13.2 Å². The molecule has 0 saturated carbocycles. The van der Waals surface area contributed by atoms with E-state index < -0.39 is 18.0 Å². The lowest BCUT2D eigenvalue weighted by atomic mass is 10.2. The molecule has 0 heterocycles. The standard InChI is InChI=1S/C13H18FNO4/c1-3-17-11(18-4-2)8-19-10-7-5-6-9(14)12(10)13(15)16/h5-7,11H,3-4,8H2,1-2H3,(H2,15,16). The van der Waals surface area contributed by atoms with Gasteiger partial charge in [-0.3, -0.25) is 4.79 Å². The summed E-state index contributed by atoms with van der Waals surface area (Å²) in [4.78, 5) is 11.2. The van der Waals surface area contributed by atoms with E-state index in [0.717, 1.165) is 6.07 Å². The number of halogens is 1. The highest BCUT2D eigenvalue weighted by Crippen LogP contribution is 2.21. The Morgan fingerprint density at radius 3 is 2.47 bits per heavy atom. The summed E-state index contributed by atoms with van der Waals surface area (Å²) in [5, 5.41) is 0. The van der Waals surface area contributed by atoms with E-state index >= 15 is 0 Å². The lowest BCUT2D eigenvalue weighted by Crippen LogP contribution is -2.26. The van der Waals surface area contributed by atoms with Crippen molar-refractivity contribution < 1.29 is 23.4 Å². The number of ether oxygens (including phenoxy) is 3. The molecule has 0 aliphatic heterocycles. The molecular weight excluding hydrogens is 253 g/mol. The van der Waals surface area contributed by atoms with E-state index in [9.17, 15) is 9.18 Å². The van der Waals surface area contributed by atoms with Crippen LogP contribution in [0.4, 0.5) is 4.39 Å². The molecule has 0 bridgehead atoms. The van der Waals surface area contributed by atoms with Crippen molar-refractivity contribution in [2.75, 3.05) is 19.8 Å². The molecular formula is C13H18FNO4. The van der Waals surface area contributed by atoms with Gasteiger partial charge < -0.3 is 19.9 Å². The fourth-order valence-electron chi connectivity index (χ4n) is 1.54. The maximum Gasteiger partial charge on any atom is 0.255 e. The molecule has 1 rings (SSSR count). The topological polar surface area (TPSA) is 70.8 Å². The number of carbonyl (C=O) groups excluding carboxylic acids is 1. The zero-order valence-electron chi connectivity index (χ0n) is 11.0. The summed E-state index contributed by atoms with van der Waals surface area (Å²) in [7, 11) is 0. The van der Waals surface area contributed by atoms with Gasteiger partial charge in [0.05, 0.1) is 0 Å². The van der Waals surface area contributed by atoms with Crippen molar-refractivity contribution in [3.8, 4) is 5.75 Å². The largest absolute Gasteiger partial charge is 0.487 e. The minimum atomic E-state index is -0.877. The average molecular weight is 271 g/mol. The lowest BCUT2D eigenvalue weighted by molar-refractivity contribution is -0.152. The molecule has 6 heteroatoms. The van der Waals surface area contributed by atoms with Crippen LogP contribution in [0.25, 0.3) is 0 Å². The van der Waals surface area contributed by atoms with Crippen LogP contribution in [0, 0.1) is 5.82 Å². The van der Waals surface area contributed by atoms with Gasteiger partial charge in [0.1, 0.15) is 23.7 Å². The van der Waals surface area contributed by atoms with Gasteiger partial charge in [-0.15, -0.1) is 0 Å². The number of rotatable bonds is 8. The van der Waals surface area contributed by atoms with E-state index in [1.807, 2.05) is 13.8 Å². The molecule has 1 aromatic carbocycles. The molecule has 0 spiro atoms. The Labute approximate surface area is 111 Å². The van der Waals surface area contributed by atoms with Gasteiger partial charge in [-0.25, -0.2) is 4.39 Å². The van der Waals surface area contributed by atoms with Gasteiger partial charge in [-0.05, 0) is 26.0 Å². The van der Waals surface area contributed by atoms with Crippen LogP contribution in [0.5, 0.6) is 5.75 Å². The number of benzene rings is 1. The average Bonchev–Trinajstić information content (AvgIpc) is 2.36. The second-order valence-electron chi connectivity index (χ2n) is 3.63. The third-order valence-corrected chi connectivity index (χ3v) is 2.30. The second kappa shape index (κ2) is 7.70. The minimum Gasteiger partial charge on any atom is -0.487 e. The smallest absolute Gasteiger partial charge is 0.255 e. The third-order valence-electron chi connectivity index (χ3n) is 2.30. The summed E-state index contributed by atoms with van der Waals surface area (Å²) >= 11 is 0. The number of hydrogen-bond donors (Lipinski definition) is 1. The molecule has 0 atom stereocenters. The Kier molecular flexibility index (Phi) is 6.24. The molecule has 0 aliphatic rings. The number of nitrogens with two attached hydrogens (primary N) is 1. The molecule has 0 saturated heterocycles. The van der Waals surface area contributed by atoms with Crippen LogP contribution >= 0.6 is 0 Å². The van der Waals surface area contributed by atoms with Crippen LogP contribution in [-0.4, -0.2) is 32.0 Å². The van der Waals surface area contributed by atoms with E-state index in [2.05, 4.69) is 0 Å². The van der Waals surface area contributed by atoms with Crippen molar-refractivity contribution >= 4 is 5.91 Å².